The first-order valence-electron chi connectivity index (χ1n) is 9.37. The van der Waals surface area contributed by atoms with E-state index in [-0.39, 0.29) is 25.7 Å². The number of rotatable bonds is 13. The normalized spacial score (nSPS) is 22.2. The maximum atomic E-state index is 10.2. The van der Waals surface area contributed by atoms with E-state index < -0.39 is 35.5 Å². The van der Waals surface area contributed by atoms with Crippen molar-refractivity contribution in [3.8, 4) is 0 Å². The highest BCUT2D eigenvalue weighted by molar-refractivity contribution is 5.10. The first-order chi connectivity index (χ1) is 11.1. The smallest absolute Gasteiger partial charge is 0.0555 e. The molecule has 0 spiro atoms. The Balaban J connectivity index is 5.73. The zero-order chi connectivity index (χ0) is 19.0. The van der Waals surface area contributed by atoms with Gasteiger partial charge in [0, 0.05) is 11.1 Å². The monoisotopic (exact) mass is 348 g/mol. The summed E-state index contributed by atoms with van der Waals surface area (Å²) in [5, 5.41) is 40.7. The summed E-state index contributed by atoms with van der Waals surface area (Å²) < 4.78 is 0. The molecule has 0 aromatic heterocycles. The van der Waals surface area contributed by atoms with E-state index in [1.807, 2.05) is 27.7 Å². The van der Waals surface area contributed by atoms with Crippen molar-refractivity contribution in [1.29, 1.82) is 0 Å². The molecule has 4 unspecified atom stereocenters. The molecule has 0 aliphatic rings. The molecule has 0 aliphatic heterocycles. The lowest BCUT2D eigenvalue weighted by molar-refractivity contribution is -0.000617. The molecule has 0 bridgehead atoms. The van der Waals surface area contributed by atoms with Gasteiger partial charge in [-0.25, -0.2) is 0 Å². The van der Waals surface area contributed by atoms with Crippen molar-refractivity contribution in [3.63, 3.8) is 0 Å². The molecular weight excluding hydrogens is 308 g/mol. The summed E-state index contributed by atoms with van der Waals surface area (Å²) in [6.45, 7) is 7.45. The standard InChI is InChI=1S/C18H40N2O4/c1-5-13(21)9-17(19,10-14(22)6-2)18(20,11-15(23)7-3)12-16(24)8-4/h13-16,21-24H,5-12,19-20H2,1-4H3. The van der Waals surface area contributed by atoms with Crippen LogP contribution in [0.1, 0.15) is 79.1 Å². The Morgan fingerprint density at radius 1 is 0.542 bits per heavy atom. The second kappa shape index (κ2) is 10.7. The fraction of sp³-hybridized carbons (Fsp3) is 1.00. The zero-order valence-corrected chi connectivity index (χ0v) is 15.9. The van der Waals surface area contributed by atoms with Crippen LogP contribution in [0.2, 0.25) is 0 Å². The summed E-state index contributed by atoms with van der Waals surface area (Å²) in [6.07, 6.45) is 0.474. The van der Waals surface area contributed by atoms with Crippen LogP contribution < -0.4 is 11.5 Å². The SMILES string of the molecule is CCC(O)CC(N)(CC(O)CC)C(N)(CC(O)CC)CC(O)CC. The maximum absolute atomic E-state index is 10.2. The van der Waals surface area contributed by atoms with Crippen LogP contribution >= 0.6 is 0 Å². The van der Waals surface area contributed by atoms with E-state index in [1.165, 1.54) is 0 Å². The molecule has 0 saturated heterocycles. The Morgan fingerprint density at radius 2 is 0.708 bits per heavy atom. The Hall–Kier alpha value is -0.240. The van der Waals surface area contributed by atoms with Gasteiger partial charge in [-0.2, -0.15) is 0 Å². The Kier molecular flexibility index (Phi) is 10.6. The molecule has 0 saturated carbocycles. The minimum Gasteiger partial charge on any atom is -0.393 e. The molecule has 0 aromatic carbocycles. The lowest BCUT2D eigenvalue weighted by Crippen LogP contribution is -2.69. The van der Waals surface area contributed by atoms with Crippen molar-refractivity contribution >= 4 is 0 Å². The third-order valence-electron chi connectivity index (χ3n) is 5.28. The van der Waals surface area contributed by atoms with Gasteiger partial charge in [-0.1, -0.05) is 27.7 Å². The third-order valence-corrected chi connectivity index (χ3v) is 5.28. The lowest BCUT2D eigenvalue weighted by atomic mass is 9.65. The van der Waals surface area contributed by atoms with E-state index in [0.717, 1.165) is 0 Å². The summed E-state index contributed by atoms with van der Waals surface area (Å²) in [6, 6.07) is 0. The van der Waals surface area contributed by atoms with Crippen LogP contribution in [-0.2, 0) is 0 Å². The average molecular weight is 349 g/mol. The van der Waals surface area contributed by atoms with Gasteiger partial charge in [0.2, 0.25) is 0 Å². The van der Waals surface area contributed by atoms with Gasteiger partial charge in [0.05, 0.1) is 24.4 Å². The van der Waals surface area contributed by atoms with Crippen molar-refractivity contribution in [3.05, 3.63) is 0 Å². The number of aliphatic hydroxyl groups excluding tert-OH is 4. The highest BCUT2D eigenvalue weighted by Gasteiger charge is 2.49. The van der Waals surface area contributed by atoms with Crippen molar-refractivity contribution in [2.75, 3.05) is 0 Å². The predicted molar refractivity (Wildman–Crippen MR) is 97.5 cm³/mol. The second-order valence-electron chi connectivity index (χ2n) is 7.38. The van der Waals surface area contributed by atoms with Crippen molar-refractivity contribution in [2.45, 2.75) is 115 Å². The minimum atomic E-state index is -1.08. The van der Waals surface area contributed by atoms with Crippen LogP contribution in [-0.4, -0.2) is 55.9 Å². The molecule has 0 aromatic rings. The van der Waals surface area contributed by atoms with E-state index in [1.54, 1.807) is 0 Å². The molecule has 0 fully saturated rings. The van der Waals surface area contributed by atoms with Crippen LogP contribution in [0.25, 0.3) is 0 Å². The van der Waals surface area contributed by atoms with E-state index in [9.17, 15) is 20.4 Å². The molecule has 0 heterocycles. The average Bonchev–Trinajstić information content (AvgIpc) is 2.53. The quantitative estimate of drug-likeness (QED) is 0.294. The molecule has 146 valence electrons. The third kappa shape index (κ3) is 6.94. The maximum Gasteiger partial charge on any atom is 0.0555 e. The number of nitrogens with two attached hydrogens (primary N) is 2. The molecule has 0 amide bonds. The van der Waals surface area contributed by atoms with Crippen molar-refractivity contribution in [1.82, 2.24) is 0 Å². The predicted octanol–water partition coefficient (Wildman–Crippen LogP) is 1.03. The van der Waals surface area contributed by atoms with Gasteiger partial charge in [-0.15, -0.1) is 0 Å². The molecule has 0 rings (SSSR count). The largest absolute Gasteiger partial charge is 0.393 e. The number of aliphatic hydroxyl groups is 4. The summed E-state index contributed by atoms with van der Waals surface area (Å²) in [4.78, 5) is 0. The van der Waals surface area contributed by atoms with Gasteiger partial charge < -0.3 is 31.9 Å². The Morgan fingerprint density at radius 3 is 0.833 bits per heavy atom. The van der Waals surface area contributed by atoms with Gasteiger partial charge in [0.15, 0.2) is 0 Å². The topological polar surface area (TPSA) is 133 Å². The van der Waals surface area contributed by atoms with E-state index in [0.29, 0.717) is 25.7 Å². The van der Waals surface area contributed by atoms with Gasteiger partial charge in [-0.05, 0) is 51.4 Å². The Labute approximate surface area is 147 Å². The number of hydrogen-bond donors (Lipinski definition) is 6. The van der Waals surface area contributed by atoms with Crippen LogP contribution in [0.3, 0.4) is 0 Å². The van der Waals surface area contributed by atoms with Crippen molar-refractivity contribution in [2.24, 2.45) is 11.5 Å². The van der Waals surface area contributed by atoms with E-state index in [2.05, 4.69) is 0 Å². The summed E-state index contributed by atoms with van der Waals surface area (Å²) in [5.74, 6) is 0. The first-order valence-corrected chi connectivity index (χ1v) is 9.37. The molecule has 6 nitrogen and oxygen atoms in total. The Bertz CT molecular complexity index is 285. The van der Waals surface area contributed by atoms with Gasteiger partial charge in [0.1, 0.15) is 0 Å². The highest BCUT2D eigenvalue weighted by Crippen LogP contribution is 2.36. The molecule has 0 radical (unpaired) electrons. The summed E-state index contributed by atoms with van der Waals surface area (Å²) in [7, 11) is 0. The van der Waals surface area contributed by atoms with E-state index in [4.69, 9.17) is 11.5 Å². The van der Waals surface area contributed by atoms with Gasteiger partial charge in [0.25, 0.3) is 0 Å². The van der Waals surface area contributed by atoms with Gasteiger partial charge >= 0.3 is 0 Å². The first kappa shape index (κ1) is 23.8. The van der Waals surface area contributed by atoms with Crippen molar-refractivity contribution < 1.29 is 20.4 Å². The highest BCUT2D eigenvalue weighted by atomic mass is 16.3. The van der Waals surface area contributed by atoms with Crippen LogP contribution in [0.15, 0.2) is 0 Å². The van der Waals surface area contributed by atoms with E-state index >= 15 is 0 Å². The fourth-order valence-corrected chi connectivity index (χ4v) is 3.24. The van der Waals surface area contributed by atoms with Gasteiger partial charge in [-0.3, -0.25) is 0 Å². The summed E-state index contributed by atoms with van der Waals surface area (Å²) in [5.41, 5.74) is 11.2. The molecular formula is C18H40N2O4. The molecule has 4 atom stereocenters. The molecule has 6 heteroatoms. The lowest BCUT2D eigenvalue weighted by Gasteiger charge is -2.49. The fourth-order valence-electron chi connectivity index (χ4n) is 3.24. The molecule has 24 heavy (non-hydrogen) atoms. The second-order valence-corrected chi connectivity index (χ2v) is 7.38. The minimum absolute atomic E-state index is 0.226. The van der Waals surface area contributed by atoms with Crippen LogP contribution in [0.5, 0.6) is 0 Å². The summed E-state index contributed by atoms with van der Waals surface area (Å²) >= 11 is 0. The molecule has 0 aliphatic carbocycles. The number of hydrogen-bond acceptors (Lipinski definition) is 6. The van der Waals surface area contributed by atoms with Crippen LogP contribution in [0.4, 0.5) is 0 Å². The zero-order valence-electron chi connectivity index (χ0n) is 15.9. The van der Waals surface area contributed by atoms with Crippen LogP contribution in [0, 0.1) is 0 Å². The molecule has 8 N–H and O–H groups in total.